The Labute approximate surface area is 191 Å². The Balaban J connectivity index is 0.00000300. The summed E-state index contributed by atoms with van der Waals surface area (Å²) in [6.07, 6.45) is -0.626. The van der Waals surface area contributed by atoms with Gasteiger partial charge in [-0.2, -0.15) is 0 Å². The number of amides is 1. The van der Waals surface area contributed by atoms with E-state index in [0.717, 1.165) is 20.5 Å². The van der Waals surface area contributed by atoms with E-state index < -0.39 is 12.0 Å². The third-order valence-corrected chi connectivity index (χ3v) is 5.43. The number of carbonyl (C=O) groups is 1. The van der Waals surface area contributed by atoms with E-state index in [4.69, 9.17) is 5.73 Å². The van der Waals surface area contributed by atoms with Crippen molar-refractivity contribution in [1.82, 2.24) is 10.6 Å². The van der Waals surface area contributed by atoms with Gasteiger partial charge < -0.3 is 21.5 Å². The van der Waals surface area contributed by atoms with Crippen molar-refractivity contribution in [3.05, 3.63) is 70.6 Å². The molecule has 3 rings (SSSR count). The number of fused-ring (bicyclic) bond motifs is 1. The fourth-order valence-corrected chi connectivity index (χ4v) is 3.85. The van der Waals surface area contributed by atoms with E-state index in [1.807, 2.05) is 37.3 Å². The van der Waals surface area contributed by atoms with E-state index in [0.29, 0.717) is 31.2 Å². The molecule has 0 spiro atoms. The van der Waals surface area contributed by atoms with E-state index in [1.54, 1.807) is 29.5 Å². The predicted octanol–water partition coefficient (Wildman–Crippen LogP) is 3.41. The normalized spacial score (nSPS) is 12.3. The first-order valence-corrected chi connectivity index (χ1v) is 9.96. The summed E-state index contributed by atoms with van der Waals surface area (Å²) < 4.78 is 1.16. The van der Waals surface area contributed by atoms with Gasteiger partial charge in [-0.15, -0.1) is 35.3 Å². The number of aliphatic hydroxyl groups is 1. The Morgan fingerprint density at radius 1 is 1.17 bits per heavy atom. The summed E-state index contributed by atoms with van der Waals surface area (Å²) in [6.45, 7) is 3.43. The Morgan fingerprint density at radius 3 is 2.69 bits per heavy atom. The molecule has 1 atom stereocenters. The average molecular weight is 524 g/mol. The van der Waals surface area contributed by atoms with Gasteiger partial charge in [0.15, 0.2) is 5.96 Å². The second-order valence-corrected chi connectivity index (χ2v) is 7.46. The smallest absolute Gasteiger partial charge is 0.248 e. The predicted molar refractivity (Wildman–Crippen MR) is 130 cm³/mol. The lowest BCUT2D eigenvalue weighted by Gasteiger charge is -2.14. The maximum atomic E-state index is 11.3. The van der Waals surface area contributed by atoms with Crippen LogP contribution in [0.1, 0.15) is 33.8 Å². The number of carbonyl (C=O) groups excluding carboxylic acids is 1. The highest BCUT2D eigenvalue weighted by Gasteiger charge is 2.12. The molecule has 0 aliphatic carbocycles. The topological polar surface area (TPSA) is 99.7 Å². The molecule has 0 saturated heterocycles. The van der Waals surface area contributed by atoms with Crippen LogP contribution in [-0.4, -0.2) is 30.1 Å². The molecule has 1 aromatic heterocycles. The minimum absolute atomic E-state index is 0. The van der Waals surface area contributed by atoms with Gasteiger partial charge in [-0.25, -0.2) is 4.99 Å². The SMILES string of the molecule is CCNC(=NCc1cccc(C(N)=O)c1)NCC(O)c1cc2ccccc2s1.I. The lowest BCUT2D eigenvalue weighted by atomic mass is 10.1. The van der Waals surface area contributed by atoms with E-state index in [-0.39, 0.29) is 24.0 Å². The molecule has 0 bridgehead atoms. The summed E-state index contributed by atoms with van der Waals surface area (Å²) in [6, 6.07) is 17.2. The number of hydrogen-bond acceptors (Lipinski definition) is 4. The largest absolute Gasteiger partial charge is 0.386 e. The van der Waals surface area contributed by atoms with Crippen LogP contribution in [0, 0.1) is 0 Å². The molecule has 154 valence electrons. The fourth-order valence-electron chi connectivity index (χ4n) is 2.80. The molecular weight excluding hydrogens is 499 g/mol. The van der Waals surface area contributed by atoms with Gasteiger partial charge in [0.05, 0.1) is 6.54 Å². The first-order chi connectivity index (χ1) is 13.6. The monoisotopic (exact) mass is 524 g/mol. The first-order valence-electron chi connectivity index (χ1n) is 9.14. The quantitative estimate of drug-likeness (QED) is 0.216. The van der Waals surface area contributed by atoms with Gasteiger partial charge in [-0.05, 0) is 42.1 Å². The third-order valence-electron chi connectivity index (χ3n) is 4.21. The lowest BCUT2D eigenvalue weighted by Crippen LogP contribution is -2.39. The second kappa shape index (κ2) is 11.1. The second-order valence-electron chi connectivity index (χ2n) is 6.34. The van der Waals surface area contributed by atoms with Crippen molar-refractivity contribution < 1.29 is 9.90 Å². The maximum Gasteiger partial charge on any atom is 0.248 e. The molecule has 1 unspecified atom stereocenters. The van der Waals surface area contributed by atoms with Crippen LogP contribution >= 0.6 is 35.3 Å². The maximum absolute atomic E-state index is 11.3. The Hall–Kier alpha value is -2.17. The van der Waals surface area contributed by atoms with Crippen LogP contribution in [-0.2, 0) is 6.54 Å². The summed E-state index contributed by atoms with van der Waals surface area (Å²) in [5, 5.41) is 18.0. The van der Waals surface area contributed by atoms with Crippen molar-refractivity contribution in [2.45, 2.75) is 19.6 Å². The molecular formula is C21H25IN4O2S. The minimum Gasteiger partial charge on any atom is -0.386 e. The Morgan fingerprint density at radius 2 is 1.97 bits per heavy atom. The van der Waals surface area contributed by atoms with Crippen molar-refractivity contribution in [1.29, 1.82) is 0 Å². The number of nitrogens with one attached hydrogen (secondary N) is 2. The van der Waals surface area contributed by atoms with E-state index in [2.05, 4.69) is 21.7 Å². The van der Waals surface area contributed by atoms with Crippen LogP contribution in [0.3, 0.4) is 0 Å². The summed E-state index contributed by atoms with van der Waals surface area (Å²) in [7, 11) is 0. The van der Waals surface area contributed by atoms with Gasteiger partial charge in [0, 0.05) is 28.2 Å². The Bertz CT molecular complexity index is 956. The minimum atomic E-state index is -0.626. The van der Waals surface area contributed by atoms with Gasteiger partial charge in [-0.3, -0.25) is 4.79 Å². The molecule has 29 heavy (non-hydrogen) atoms. The Kier molecular flexibility index (Phi) is 8.87. The van der Waals surface area contributed by atoms with Crippen LogP contribution in [0.15, 0.2) is 59.6 Å². The summed E-state index contributed by atoms with van der Waals surface area (Å²) in [5.41, 5.74) is 6.68. The number of primary amides is 1. The zero-order valence-electron chi connectivity index (χ0n) is 16.1. The van der Waals surface area contributed by atoms with Crippen LogP contribution in [0.25, 0.3) is 10.1 Å². The van der Waals surface area contributed by atoms with Crippen molar-refractivity contribution in [2.24, 2.45) is 10.7 Å². The molecule has 0 radical (unpaired) electrons. The third kappa shape index (κ3) is 6.41. The van der Waals surface area contributed by atoms with E-state index in [9.17, 15) is 9.90 Å². The summed E-state index contributed by atoms with van der Waals surface area (Å²) in [4.78, 5) is 16.7. The standard InChI is InChI=1S/C21H24N4O2S.HI/c1-2-23-21(24-12-14-6-5-8-16(10-14)20(22)27)25-13-17(26)19-11-15-7-3-4-9-18(15)28-19;/h3-11,17,26H,2,12-13H2,1H3,(H2,22,27)(H2,23,24,25);1H. The number of thiophene rings is 1. The summed E-state index contributed by atoms with van der Waals surface area (Å²) in [5.74, 6) is 0.148. The van der Waals surface area contributed by atoms with Gasteiger partial charge >= 0.3 is 0 Å². The molecule has 5 N–H and O–H groups in total. The first kappa shape index (κ1) is 23.1. The number of nitrogens with two attached hydrogens (primary N) is 1. The van der Waals surface area contributed by atoms with Gasteiger partial charge in [0.2, 0.25) is 5.91 Å². The highest BCUT2D eigenvalue weighted by molar-refractivity contribution is 14.0. The van der Waals surface area contributed by atoms with Crippen molar-refractivity contribution in [3.63, 3.8) is 0 Å². The molecule has 8 heteroatoms. The zero-order chi connectivity index (χ0) is 19.9. The number of hydrogen-bond donors (Lipinski definition) is 4. The number of aliphatic hydroxyl groups excluding tert-OH is 1. The number of halogens is 1. The number of nitrogens with zero attached hydrogens (tertiary/aromatic N) is 1. The number of guanidine groups is 1. The fraction of sp³-hybridized carbons (Fsp3) is 0.238. The van der Waals surface area contributed by atoms with Gasteiger partial charge in [0.1, 0.15) is 6.10 Å². The number of aliphatic imine (C=N–C) groups is 1. The zero-order valence-corrected chi connectivity index (χ0v) is 19.2. The van der Waals surface area contributed by atoms with Crippen LogP contribution in [0.5, 0.6) is 0 Å². The number of rotatable bonds is 7. The summed E-state index contributed by atoms with van der Waals surface area (Å²) >= 11 is 1.59. The highest BCUT2D eigenvalue weighted by Crippen LogP contribution is 2.29. The van der Waals surface area contributed by atoms with Gasteiger partial charge in [-0.1, -0.05) is 30.3 Å². The van der Waals surface area contributed by atoms with Crippen molar-refractivity contribution in [2.75, 3.05) is 13.1 Å². The van der Waals surface area contributed by atoms with Crippen LogP contribution in [0.2, 0.25) is 0 Å². The van der Waals surface area contributed by atoms with E-state index >= 15 is 0 Å². The average Bonchev–Trinajstić information content (AvgIpc) is 3.14. The molecule has 0 fully saturated rings. The molecule has 2 aromatic carbocycles. The lowest BCUT2D eigenvalue weighted by molar-refractivity contribution is 0.1000. The van der Waals surface area contributed by atoms with Gasteiger partial charge in [0.25, 0.3) is 0 Å². The van der Waals surface area contributed by atoms with Crippen LogP contribution < -0.4 is 16.4 Å². The molecule has 1 heterocycles. The molecule has 0 aliphatic heterocycles. The van der Waals surface area contributed by atoms with Crippen molar-refractivity contribution >= 4 is 57.3 Å². The van der Waals surface area contributed by atoms with Crippen molar-refractivity contribution in [3.8, 4) is 0 Å². The highest BCUT2D eigenvalue weighted by atomic mass is 127. The van der Waals surface area contributed by atoms with Crippen LogP contribution in [0.4, 0.5) is 0 Å². The molecule has 1 amide bonds. The number of benzene rings is 2. The molecule has 0 aliphatic rings. The molecule has 0 saturated carbocycles. The molecule has 6 nitrogen and oxygen atoms in total. The molecule has 3 aromatic rings. The van der Waals surface area contributed by atoms with E-state index in [1.165, 1.54) is 0 Å².